The third kappa shape index (κ3) is 4.42. The van der Waals surface area contributed by atoms with Gasteiger partial charge < -0.3 is 14.7 Å². The number of fused-ring (bicyclic) bond motifs is 1. The molecule has 154 valence electrons. The summed E-state index contributed by atoms with van der Waals surface area (Å²) in [5.41, 5.74) is 2.92. The number of carbonyl (C=O) groups excluding carboxylic acids is 1. The molecule has 1 heterocycles. The van der Waals surface area contributed by atoms with Crippen LogP contribution in [-0.4, -0.2) is 28.6 Å². The van der Waals surface area contributed by atoms with E-state index >= 15 is 0 Å². The van der Waals surface area contributed by atoms with Gasteiger partial charge in [0.15, 0.2) is 0 Å². The van der Waals surface area contributed by atoms with Gasteiger partial charge >= 0.3 is 0 Å². The topological polar surface area (TPSA) is 49.8 Å². The van der Waals surface area contributed by atoms with Crippen LogP contribution in [-0.2, 0) is 6.54 Å². The van der Waals surface area contributed by atoms with E-state index in [-0.39, 0.29) is 17.8 Å². The Hall–Kier alpha value is -2.49. The summed E-state index contributed by atoms with van der Waals surface area (Å²) >= 11 is 0. The molecule has 1 N–H and O–H groups in total. The molecule has 1 saturated carbocycles. The van der Waals surface area contributed by atoms with Gasteiger partial charge in [-0.2, -0.15) is 0 Å². The third-order valence-electron chi connectivity index (χ3n) is 6.55. The van der Waals surface area contributed by atoms with Crippen LogP contribution in [0.1, 0.15) is 60.5 Å². The summed E-state index contributed by atoms with van der Waals surface area (Å²) in [6.07, 6.45) is 5.88. The van der Waals surface area contributed by atoms with Gasteiger partial charge in [-0.3, -0.25) is 4.79 Å². The first kappa shape index (κ1) is 19.8. The van der Waals surface area contributed by atoms with Crippen molar-refractivity contribution in [3.05, 3.63) is 59.2 Å². The largest absolute Gasteiger partial charge is 0.508 e. The predicted octanol–water partition coefficient (Wildman–Crippen LogP) is 5.32. The number of nitrogens with zero attached hydrogens (tertiary/aromatic N) is 1. The van der Waals surface area contributed by atoms with Crippen molar-refractivity contribution in [3.63, 3.8) is 0 Å². The molecule has 1 aliphatic carbocycles. The molecule has 1 amide bonds. The molecule has 2 aromatic carbocycles. The molecular weight excluding hydrogens is 362 g/mol. The number of hydrogen-bond donors (Lipinski definition) is 1. The van der Waals surface area contributed by atoms with Crippen molar-refractivity contribution in [3.8, 4) is 11.5 Å². The summed E-state index contributed by atoms with van der Waals surface area (Å²) < 4.78 is 6.33. The first-order chi connectivity index (χ1) is 14.0. The maximum absolute atomic E-state index is 12.7. The highest BCUT2D eigenvalue weighted by atomic mass is 16.5. The Labute approximate surface area is 173 Å². The maximum atomic E-state index is 12.7. The number of carbonyl (C=O) groups is 1. The average molecular weight is 394 g/mol. The van der Waals surface area contributed by atoms with Gasteiger partial charge in [0.25, 0.3) is 5.91 Å². The second kappa shape index (κ2) is 8.48. The second-order valence-corrected chi connectivity index (χ2v) is 8.69. The summed E-state index contributed by atoms with van der Waals surface area (Å²) in [6, 6.07) is 13.5. The third-order valence-corrected chi connectivity index (χ3v) is 6.55. The van der Waals surface area contributed by atoms with Crippen LogP contribution in [0, 0.1) is 18.8 Å². The van der Waals surface area contributed by atoms with Crippen LogP contribution in [0.2, 0.25) is 0 Å². The molecule has 4 heteroatoms. The van der Waals surface area contributed by atoms with E-state index in [1.165, 1.54) is 5.56 Å². The minimum atomic E-state index is 0.0623. The van der Waals surface area contributed by atoms with Crippen molar-refractivity contribution in [1.29, 1.82) is 0 Å². The molecule has 0 spiro atoms. The van der Waals surface area contributed by atoms with Gasteiger partial charge in [0.1, 0.15) is 17.6 Å². The lowest BCUT2D eigenvalue weighted by Crippen LogP contribution is -2.35. The van der Waals surface area contributed by atoms with Crippen molar-refractivity contribution in [2.45, 2.75) is 58.6 Å². The van der Waals surface area contributed by atoms with Crippen LogP contribution >= 0.6 is 0 Å². The fourth-order valence-corrected chi connectivity index (χ4v) is 4.93. The van der Waals surface area contributed by atoms with Gasteiger partial charge in [0, 0.05) is 18.7 Å². The fourth-order valence-electron chi connectivity index (χ4n) is 4.93. The molecule has 0 aromatic heterocycles. The van der Waals surface area contributed by atoms with E-state index in [1.807, 2.05) is 11.0 Å². The Morgan fingerprint density at radius 1 is 1.14 bits per heavy atom. The fraction of sp³-hybridized carbons (Fsp3) is 0.480. The van der Waals surface area contributed by atoms with E-state index in [0.717, 1.165) is 50.0 Å². The quantitative estimate of drug-likeness (QED) is 0.722. The number of rotatable bonds is 6. The summed E-state index contributed by atoms with van der Waals surface area (Å²) in [5.74, 6) is 2.34. The van der Waals surface area contributed by atoms with Crippen LogP contribution in [0.3, 0.4) is 0 Å². The molecule has 0 saturated heterocycles. The van der Waals surface area contributed by atoms with Crippen LogP contribution < -0.4 is 4.74 Å². The molecule has 0 bridgehead atoms. The molecule has 1 aliphatic heterocycles. The summed E-state index contributed by atoms with van der Waals surface area (Å²) in [4.78, 5) is 14.6. The van der Waals surface area contributed by atoms with E-state index in [9.17, 15) is 9.90 Å². The molecule has 1 fully saturated rings. The molecular formula is C25H31NO3. The van der Waals surface area contributed by atoms with E-state index in [1.54, 1.807) is 12.1 Å². The summed E-state index contributed by atoms with van der Waals surface area (Å²) in [7, 11) is 0. The van der Waals surface area contributed by atoms with Crippen LogP contribution in [0.5, 0.6) is 11.5 Å². The summed E-state index contributed by atoms with van der Waals surface area (Å²) in [6.45, 7) is 5.79. The average Bonchev–Trinajstić information content (AvgIpc) is 3.02. The Morgan fingerprint density at radius 3 is 2.66 bits per heavy atom. The van der Waals surface area contributed by atoms with Crippen molar-refractivity contribution in [1.82, 2.24) is 4.90 Å². The van der Waals surface area contributed by atoms with Gasteiger partial charge in [-0.15, -0.1) is 0 Å². The van der Waals surface area contributed by atoms with E-state index in [2.05, 4.69) is 38.1 Å². The highest BCUT2D eigenvalue weighted by molar-refractivity contribution is 5.98. The van der Waals surface area contributed by atoms with Gasteiger partial charge in [0.2, 0.25) is 0 Å². The lowest BCUT2D eigenvalue weighted by molar-refractivity contribution is 0.0656. The van der Waals surface area contributed by atoms with Crippen molar-refractivity contribution >= 4 is 5.91 Å². The SMILES string of the molecule is CCC(Oc1cccc(C)c1)[C@H]1CC[C@H](CN2Cc3ccc(O)cc3C2=O)CC1. The first-order valence-corrected chi connectivity index (χ1v) is 10.9. The van der Waals surface area contributed by atoms with Gasteiger partial charge in [-0.1, -0.05) is 25.1 Å². The number of phenols is 1. The maximum Gasteiger partial charge on any atom is 0.254 e. The van der Waals surface area contributed by atoms with Gasteiger partial charge in [-0.05, 0) is 86.3 Å². The number of amides is 1. The predicted molar refractivity (Wildman–Crippen MR) is 114 cm³/mol. The highest BCUT2D eigenvalue weighted by Gasteiger charge is 2.33. The Morgan fingerprint density at radius 2 is 1.93 bits per heavy atom. The monoisotopic (exact) mass is 393 g/mol. The van der Waals surface area contributed by atoms with Crippen LogP contribution in [0.15, 0.2) is 42.5 Å². The lowest BCUT2D eigenvalue weighted by atomic mass is 9.78. The van der Waals surface area contributed by atoms with Crippen molar-refractivity contribution < 1.29 is 14.6 Å². The number of aromatic hydroxyl groups is 1. The molecule has 1 unspecified atom stereocenters. The molecule has 4 rings (SSSR count). The lowest BCUT2D eigenvalue weighted by Gasteiger charge is -2.35. The minimum Gasteiger partial charge on any atom is -0.508 e. The van der Waals surface area contributed by atoms with E-state index in [0.29, 0.717) is 23.9 Å². The Kier molecular flexibility index (Phi) is 5.79. The zero-order valence-electron chi connectivity index (χ0n) is 17.4. The van der Waals surface area contributed by atoms with Gasteiger partial charge in [-0.25, -0.2) is 0 Å². The Bertz CT molecular complexity index is 870. The molecule has 2 aliphatic rings. The first-order valence-electron chi connectivity index (χ1n) is 10.9. The zero-order chi connectivity index (χ0) is 20.4. The molecule has 1 atom stereocenters. The molecule has 4 nitrogen and oxygen atoms in total. The normalized spacial score (nSPS) is 22.4. The van der Waals surface area contributed by atoms with Crippen molar-refractivity contribution in [2.24, 2.45) is 11.8 Å². The van der Waals surface area contributed by atoms with E-state index in [4.69, 9.17) is 4.74 Å². The smallest absolute Gasteiger partial charge is 0.254 e. The number of ether oxygens (including phenoxy) is 1. The highest BCUT2D eigenvalue weighted by Crippen LogP contribution is 2.35. The molecule has 29 heavy (non-hydrogen) atoms. The van der Waals surface area contributed by atoms with Crippen LogP contribution in [0.25, 0.3) is 0 Å². The summed E-state index contributed by atoms with van der Waals surface area (Å²) in [5, 5.41) is 9.66. The minimum absolute atomic E-state index is 0.0623. The van der Waals surface area contributed by atoms with Crippen molar-refractivity contribution in [2.75, 3.05) is 6.54 Å². The number of hydrogen-bond acceptors (Lipinski definition) is 3. The number of phenolic OH excluding ortho intramolecular Hbond substituents is 1. The Balaban J connectivity index is 1.31. The number of benzene rings is 2. The molecule has 2 aromatic rings. The standard InChI is InChI=1S/C25H31NO3/c1-3-24(29-22-6-4-5-17(2)13-22)19-9-7-18(8-10-19)15-26-16-20-11-12-21(27)14-23(20)25(26)28/h4-6,11-14,18-19,24,27H,3,7-10,15-16H2,1-2H3/t18-,19-,24?. The number of aryl methyl sites for hydroxylation is 1. The molecule has 0 radical (unpaired) electrons. The van der Waals surface area contributed by atoms with E-state index < -0.39 is 0 Å². The van der Waals surface area contributed by atoms with Crippen LogP contribution in [0.4, 0.5) is 0 Å². The second-order valence-electron chi connectivity index (χ2n) is 8.69. The van der Waals surface area contributed by atoms with Gasteiger partial charge in [0.05, 0.1) is 0 Å². The zero-order valence-corrected chi connectivity index (χ0v) is 17.4.